The maximum absolute atomic E-state index is 13.5. The lowest BCUT2D eigenvalue weighted by Gasteiger charge is -2.18. The molecule has 6 heteroatoms. The van der Waals surface area contributed by atoms with Crippen molar-refractivity contribution < 1.29 is 24.1 Å². The van der Waals surface area contributed by atoms with Crippen molar-refractivity contribution in [2.45, 2.75) is 5.92 Å². The molecule has 2 aromatic carbocycles. The van der Waals surface area contributed by atoms with Crippen LogP contribution in [0, 0.1) is 0 Å². The number of carbonyl (C=O) groups is 1. The van der Waals surface area contributed by atoms with Gasteiger partial charge in [-0.15, -0.1) is 0 Å². The predicted octanol–water partition coefficient (Wildman–Crippen LogP) is 3.75. The quantitative estimate of drug-likeness (QED) is 0.637. The molecule has 2 N–H and O–H groups in total. The minimum atomic E-state index is -0.771. The highest BCUT2D eigenvalue weighted by atomic mass is 79.9. The lowest BCUT2D eigenvalue weighted by molar-refractivity contribution is 0.0600. The molecule has 0 heterocycles. The number of hydrogen-bond acceptors (Lipinski definition) is 4. The van der Waals surface area contributed by atoms with Gasteiger partial charge >= 0.3 is 5.97 Å². The minimum Gasteiger partial charge on any atom is -0.508 e. The van der Waals surface area contributed by atoms with E-state index in [-0.39, 0.29) is 17.1 Å². The molecule has 0 spiro atoms. The van der Waals surface area contributed by atoms with E-state index in [1.54, 1.807) is 6.07 Å². The second-order valence-electron chi connectivity index (χ2n) is 4.68. The summed E-state index contributed by atoms with van der Waals surface area (Å²) < 4.78 is 18.7. The van der Waals surface area contributed by atoms with E-state index in [1.807, 2.05) is 0 Å². The van der Waals surface area contributed by atoms with Crippen LogP contribution in [0.25, 0.3) is 0 Å². The van der Waals surface area contributed by atoms with Gasteiger partial charge in [0, 0.05) is 16.0 Å². The molecular weight excluding hydrogens is 355 g/mol. The summed E-state index contributed by atoms with van der Waals surface area (Å²) in [6.45, 7) is -0.771. The van der Waals surface area contributed by atoms with Crippen molar-refractivity contribution in [3.05, 3.63) is 57.6 Å². The molecule has 0 aromatic heterocycles. The predicted molar refractivity (Wildman–Crippen MR) is 83.1 cm³/mol. The maximum Gasteiger partial charge on any atom is 0.337 e. The van der Waals surface area contributed by atoms with Crippen LogP contribution in [0.5, 0.6) is 11.5 Å². The van der Waals surface area contributed by atoms with Crippen molar-refractivity contribution in [3.8, 4) is 11.5 Å². The van der Waals surface area contributed by atoms with Gasteiger partial charge < -0.3 is 14.9 Å². The molecule has 0 radical (unpaired) electrons. The van der Waals surface area contributed by atoms with E-state index in [4.69, 9.17) is 0 Å². The van der Waals surface area contributed by atoms with E-state index < -0.39 is 18.6 Å². The average Bonchev–Trinajstić information content (AvgIpc) is 2.51. The number of halogens is 2. The van der Waals surface area contributed by atoms with Crippen molar-refractivity contribution in [1.82, 2.24) is 0 Å². The SMILES string of the molecule is COC(=O)c1ccc(C(CF)c2cc(O)ccc2O)c(Br)c1. The van der Waals surface area contributed by atoms with Gasteiger partial charge in [0.1, 0.15) is 18.2 Å². The summed E-state index contributed by atoms with van der Waals surface area (Å²) in [4.78, 5) is 11.5. The second-order valence-corrected chi connectivity index (χ2v) is 5.53. The highest BCUT2D eigenvalue weighted by Gasteiger charge is 2.21. The molecule has 1 atom stereocenters. The molecule has 22 heavy (non-hydrogen) atoms. The zero-order valence-electron chi connectivity index (χ0n) is 11.7. The van der Waals surface area contributed by atoms with Gasteiger partial charge in [-0.1, -0.05) is 22.0 Å². The van der Waals surface area contributed by atoms with E-state index in [1.165, 1.54) is 37.4 Å². The summed E-state index contributed by atoms with van der Waals surface area (Å²) in [5.41, 5.74) is 1.15. The van der Waals surface area contributed by atoms with Gasteiger partial charge in [0.05, 0.1) is 12.7 Å². The molecule has 2 rings (SSSR count). The Morgan fingerprint density at radius 2 is 1.95 bits per heavy atom. The van der Waals surface area contributed by atoms with Gasteiger partial charge in [-0.2, -0.15) is 0 Å². The average molecular weight is 369 g/mol. The van der Waals surface area contributed by atoms with Crippen molar-refractivity contribution in [1.29, 1.82) is 0 Å². The lowest BCUT2D eigenvalue weighted by Crippen LogP contribution is -2.07. The van der Waals surface area contributed by atoms with Gasteiger partial charge in [0.25, 0.3) is 0 Å². The van der Waals surface area contributed by atoms with Gasteiger partial charge in [-0.3, -0.25) is 4.39 Å². The van der Waals surface area contributed by atoms with Crippen molar-refractivity contribution in [2.24, 2.45) is 0 Å². The maximum atomic E-state index is 13.5. The molecule has 2 aromatic rings. The monoisotopic (exact) mass is 368 g/mol. The second kappa shape index (κ2) is 6.79. The van der Waals surface area contributed by atoms with Crippen LogP contribution in [0.4, 0.5) is 4.39 Å². The third-order valence-electron chi connectivity index (χ3n) is 3.34. The fourth-order valence-corrected chi connectivity index (χ4v) is 2.86. The summed E-state index contributed by atoms with van der Waals surface area (Å²) in [5, 5.41) is 19.4. The van der Waals surface area contributed by atoms with E-state index in [9.17, 15) is 19.4 Å². The number of carbonyl (C=O) groups excluding carboxylic acids is 1. The van der Waals surface area contributed by atoms with Crippen LogP contribution in [0.2, 0.25) is 0 Å². The first kappa shape index (κ1) is 16.3. The highest BCUT2D eigenvalue weighted by molar-refractivity contribution is 9.10. The molecule has 116 valence electrons. The molecule has 0 saturated heterocycles. The molecule has 0 aliphatic carbocycles. The first-order valence-corrected chi connectivity index (χ1v) is 7.22. The Hall–Kier alpha value is -2.08. The Balaban J connectivity index is 2.48. The number of alkyl halides is 1. The fourth-order valence-electron chi connectivity index (χ4n) is 2.21. The third-order valence-corrected chi connectivity index (χ3v) is 4.02. The molecule has 4 nitrogen and oxygen atoms in total. The van der Waals surface area contributed by atoms with Crippen molar-refractivity contribution in [2.75, 3.05) is 13.8 Å². The molecule has 0 aliphatic heterocycles. The van der Waals surface area contributed by atoms with Crippen molar-refractivity contribution >= 4 is 21.9 Å². The Labute approximate surface area is 135 Å². The zero-order chi connectivity index (χ0) is 16.3. The van der Waals surface area contributed by atoms with Crippen LogP contribution >= 0.6 is 15.9 Å². The van der Waals surface area contributed by atoms with Crippen LogP contribution in [0.3, 0.4) is 0 Å². The number of methoxy groups -OCH3 is 1. The standard InChI is InChI=1S/C16H14BrFO4/c1-22-16(21)9-2-4-11(14(17)6-9)13(8-18)12-7-10(19)3-5-15(12)20/h2-7,13,19-20H,8H2,1H3. The number of phenolic OH excluding ortho intramolecular Hbond substituents is 2. The third kappa shape index (κ3) is 3.22. The van der Waals surface area contributed by atoms with Crippen LogP contribution in [-0.2, 0) is 4.74 Å². The highest BCUT2D eigenvalue weighted by Crippen LogP contribution is 2.37. The topological polar surface area (TPSA) is 66.8 Å². The smallest absolute Gasteiger partial charge is 0.337 e. The van der Waals surface area contributed by atoms with Crippen LogP contribution in [-0.4, -0.2) is 30.0 Å². The Morgan fingerprint density at radius 1 is 1.23 bits per heavy atom. The summed E-state index contributed by atoms with van der Waals surface area (Å²) in [7, 11) is 1.28. The lowest BCUT2D eigenvalue weighted by atomic mass is 9.91. The summed E-state index contributed by atoms with van der Waals surface area (Å²) in [6, 6.07) is 8.59. The largest absolute Gasteiger partial charge is 0.508 e. The molecule has 0 bridgehead atoms. The molecule has 1 unspecified atom stereocenters. The van der Waals surface area contributed by atoms with Crippen LogP contribution in [0.15, 0.2) is 40.9 Å². The Kier molecular flexibility index (Phi) is 5.03. The van der Waals surface area contributed by atoms with Gasteiger partial charge in [-0.25, -0.2) is 4.79 Å². The Bertz CT molecular complexity index is 703. The van der Waals surface area contributed by atoms with Crippen molar-refractivity contribution in [3.63, 3.8) is 0 Å². The van der Waals surface area contributed by atoms with Gasteiger partial charge in [0.15, 0.2) is 0 Å². The van der Waals surface area contributed by atoms with Gasteiger partial charge in [-0.05, 0) is 35.9 Å². The molecule has 0 aliphatic rings. The first-order chi connectivity index (χ1) is 10.5. The summed E-state index contributed by atoms with van der Waals surface area (Å²) >= 11 is 3.31. The normalized spacial score (nSPS) is 12.0. The van der Waals surface area contributed by atoms with Crippen LogP contribution < -0.4 is 0 Å². The van der Waals surface area contributed by atoms with E-state index in [0.29, 0.717) is 15.6 Å². The number of hydrogen-bond donors (Lipinski definition) is 2. The summed E-state index contributed by atoms with van der Waals surface area (Å²) in [6.07, 6.45) is 0. The fraction of sp³-hybridized carbons (Fsp3) is 0.188. The number of phenols is 2. The number of rotatable bonds is 4. The molecule has 0 saturated carbocycles. The number of aromatic hydroxyl groups is 2. The molecule has 0 fully saturated rings. The first-order valence-electron chi connectivity index (χ1n) is 6.43. The van der Waals surface area contributed by atoms with E-state index in [2.05, 4.69) is 20.7 Å². The number of benzene rings is 2. The molecule has 0 amide bonds. The van der Waals surface area contributed by atoms with Crippen LogP contribution in [0.1, 0.15) is 27.4 Å². The number of esters is 1. The Morgan fingerprint density at radius 3 is 2.55 bits per heavy atom. The minimum absolute atomic E-state index is 0.0615. The summed E-state index contributed by atoms with van der Waals surface area (Å²) in [5.74, 6) is -1.43. The van der Waals surface area contributed by atoms with E-state index in [0.717, 1.165) is 0 Å². The number of ether oxygens (including phenoxy) is 1. The zero-order valence-corrected chi connectivity index (χ0v) is 13.3. The van der Waals surface area contributed by atoms with E-state index >= 15 is 0 Å². The molecular formula is C16H14BrFO4. The van der Waals surface area contributed by atoms with Gasteiger partial charge in [0.2, 0.25) is 0 Å².